The molecule has 2 aromatic heterocycles. The molecule has 3 heterocycles. The monoisotopic (exact) mass is 321 g/mol. The van der Waals surface area contributed by atoms with Crippen LogP contribution in [0.25, 0.3) is 5.52 Å². The summed E-state index contributed by atoms with van der Waals surface area (Å²) in [5.74, 6) is -0.172. The molecule has 0 saturated carbocycles. The zero-order valence-corrected chi connectivity index (χ0v) is 14.3. The number of hydrogen-bond acceptors (Lipinski definition) is 2. The Morgan fingerprint density at radius 3 is 2.54 bits per heavy atom. The van der Waals surface area contributed by atoms with Gasteiger partial charge in [-0.1, -0.05) is 32.0 Å². The van der Waals surface area contributed by atoms with Crippen LogP contribution in [0, 0.1) is 5.82 Å². The van der Waals surface area contributed by atoms with E-state index in [4.69, 9.17) is 4.99 Å². The van der Waals surface area contributed by atoms with Crippen molar-refractivity contribution in [3.05, 3.63) is 71.3 Å². The first-order chi connectivity index (χ1) is 11.3. The fraction of sp³-hybridized carbons (Fsp3) is 0.300. The summed E-state index contributed by atoms with van der Waals surface area (Å²) < 4.78 is 16.6. The predicted molar refractivity (Wildman–Crippen MR) is 94.3 cm³/mol. The van der Waals surface area contributed by atoms with Gasteiger partial charge in [-0.05, 0) is 32.0 Å². The summed E-state index contributed by atoms with van der Waals surface area (Å²) in [5, 5.41) is 4.42. The molecule has 3 nitrogen and oxygen atoms in total. The van der Waals surface area contributed by atoms with Crippen molar-refractivity contribution in [3.8, 4) is 0 Å². The first-order valence-electron chi connectivity index (χ1n) is 8.15. The maximum Gasteiger partial charge on any atom is 0.127 e. The van der Waals surface area contributed by atoms with E-state index in [1.807, 2.05) is 41.2 Å². The van der Waals surface area contributed by atoms with E-state index in [-0.39, 0.29) is 5.82 Å². The van der Waals surface area contributed by atoms with Gasteiger partial charge in [0.05, 0.1) is 23.0 Å². The summed E-state index contributed by atoms with van der Waals surface area (Å²) in [4.78, 5) is 5.04. The molecule has 122 valence electrons. The van der Waals surface area contributed by atoms with Gasteiger partial charge >= 0.3 is 0 Å². The molecule has 4 heteroatoms. The summed E-state index contributed by atoms with van der Waals surface area (Å²) in [6, 6.07) is 11.2. The third-order valence-electron chi connectivity index (χ3n) is 5.50. The number of nitrogens with zero attached hydrogens (tertiary/aromatic N) is 3. The molecule has 1 aliphatic rings. The Morgan fingerprint density at radius 1 is 0.958 bits per heavy atom. The lowest BCUT2D eigenvalue weighted by atomic mass is 9.65. The first-order valence-corrected chi connectivity index (χ1v) is 8.15. The molecular formula is C20H20FN3. The minimum absolute atomic E-state index is 0.172. The topological polar surface area (TPSA) is 29.7 Å². The zero-order chi connectivity index (χ0) is 17.1. The molecule has 0 saturated heterocycles. The molecule has 1 aromatic carbocycles. The highest BCUT2D eigenvalue weighted by Crippen LogP contribution is 2.45. The van der Waals surface area contributed by atoms with Crippen LogP contribution in [0.15, 0.2) is 53.8 Å². The number of hydrogen-bond donors (Lipinski definition) is 0. The van der Waals surface area contributed by atoms with Crippen LogP contribution >= 0.6 is 0 Å². The smallest absolute Gasteiger partial charge is 0.127 e. The molecular weight excluding hydrogens is 301 g/mol. The van der Waals surface area contributed by atoms with Crippen LogP contribution in [0.3, 0.4) is 0 Å². The Labute approximate surface area is 140 Å². The fourth-order valence-electron chi connectivity index (χ4n) is 3.46. The maximum atomic E-state index is 14.8. The minimum atomic E-state index is -0.430. The van der Waals surface area contributed by atoms with Gasteiger partial charge in [-0.25, -0.2) is 8.91 Å². The lowest BCUT2D eigenvalue weighted by Crippen LogP contribution is -2.46. The van der Waals surface area contributed by atoms with Crippen LogP contribution in [0.4, 0.5) is 4.39 Å². The van der Waals surface area contributed by atoms with Gasteiger partial charge in [0.1, 0.15) is 5.82 Å². The van der Waals surface area contributed by atoms with Crippen molar-refractivity contribution in [2.24, 2.45) is 4.99 Å². The molecule has 0 radical (unpaired) electrons. The van der Waals surface area contributed by atoms with Gasteiger partial charge in [-0.3, -0.25) is 4.99 Å². The zero-order valence-electron chi connectivity index (χ0n) is 14.3. The van der Waals surface area contributed by atoms with E-state index in [0.29, 0.717) is 0 Å². The predicted octanol–water partition coefficient (Wildman–Crippen LogP) is 4.38. The average molecular weight is 321 g/mol. The van der Waals surface area contributed by atoms with Crippen LogP contribution < -0.4 is 0 Å². The second-order valence-corrected chi connectivity index (χ2v) is 7.40. The van der Waals surface area contributed by atoms with Gasteiger partial charge < -0.3 is 0 Å². The number of pyridine rings is 1. The van der Waals surface area contributed by atoms with Crippen LogP contribution in [0.2, 0.25) is 0 Å². The maximum absolute atomic E-state index is 14.8. The Bertz CT molecular complexity index is 979. The first kappa shape index (κ1) is 15.1. The number of benzene rings is 1. The highest BCUT2D eigenvalue weighted by Gasteiger charge is 2.45. The molecule has 0 amide bonds. The highest BCUT2D eigenvalue weighted by atomic mass is 19.1. The molecule has 0 N–H and O–H groups in total. The summed E-state index contributed by atoms with van der Waals surface area (Å²) in [6.07, 6.45) is 3.72. The van der Waals surface area contributed by atoms with Crippen LogP contribution in [-0.2, 0) is 5.41 Å². The van der Waals surface area contributed by atoms with Gasteiger partial charge in [0.2, 0.25) is 0 Å². The summed E-state index contributed by atoms with van der Waals surface area (Å²) in [5.41, 5.74) is 3.48. The SMILES string of the molecule is CC1(C)N=C(c2cnn3ccccc23)c2cccc(F)c2C1(C)C. The second kappa shape index (κ2) is 4.76. The quantitative estimate of drug-likeness (QED) is 0.654. The van der Waals surface area contributed by atoms with Gasteiger partial charge in [-0.2, -0.15) is 5.10 Å². The second-order valence-electron chi connectivity index (χ2n) is 7.40. The van der Waals surface area contributed by atoms with Gasteiger partial charge in [0.25, 0.3) is 0 Å². The lowest BCUT2D eigenvalue weighted by Gasteiger charge is -2.44. The standard InChI is InChI=1S/C20H20FN3/c1-19(2)17-13(8-7-9-15(17)21)18(23-20(19,3)4)14-12-22-24-11-6-5-10-16(14)24/h5-12H,1-4H3. The van der Waals surface area contributed by atoms with Crippen molar-refractivity contribution in [2.75, 3.05) is 0 Å². The summed E-state index contributed by atoms with van der Waals surface area (Å²) in [6.45, 7) is 8.25. The Morgan fingerprint density at radius 2 is 1.75 bits per heavy atom. The molecule has 4 rings (SSSR count). The van der Waals surface area contributed by atoms with Gasteiger partial charge in [-0.15, -0.1) is 0 Å². The van der Waals surface area contributed by atoms with Crippen molar-refractivity contribution in [3.63, 3.8) is 0 Å². The van der Waals surface area contributed by atoms with Crippen LogP contribution in [-0.4, -0.2) is 20.9 Å². The van der Waals surface area contributed by atoms with Crippen molar-refractivity contribution in [2.45, 2.75) is 38.6 Å². The molecule has 1 aliphatic heterocycles. The molecule has 0 bridgehead atoms. The van der Waals surface area contributed by atoms with Crippen molar-refractivity contribution in [1.29, 1.82) is 0 Å². The van der Waals surface area contributed by atoms with E-state index in [1.54, 1.807) is 6.07 Å². The molecule has 0 fully saturated rings. The number of aromatic nitrogens is 2. The lowest BCUT2D eigenvalue weighted by molar-refractivity contribution is 0.294. The number of halogens is 1. The van der Waals surface area contributed by atoms with Gasteiger partial charge in [0, 0.05) is 28.3 Å². The van der Waals surface area contributed by atoms with E-state index < -0.39 is 11.0 Å². The van der Waals surface area contributed by atoms with Crippen molar-refractivity contribution in [1.82, 2.24) is 9.61 Å². The third kappa shape index (κ3) is 1.89. The van der Waals surface area contributed by atoms with Gasteiger partial charge in [0.15, 0.2) is 0 Å². The highest BCUT2D eigenvalue weighted by molar-refractivity contribution is 6.18. The Kier molecular flexibility index (Phi) is 2.99. The summed E-state index contributed by atoms with van der Waals surface area (Å²) >= 11 is 0. The molecule has 3 aromatic rings. The number of aliphatic imine (C=N–C) groups is 1. The number of rotatable bonds is 1. The van der Waals surface area contributed by atoms with E-state index in [9.17, 15) is 4.39 Å². The van der Waals surface area contributed by atoms with Crippen LogP contribution in [0.5, 0.6) is 0 Å². The van der Waals surface area contributed by atoms with E-state index in [1.165, 1.54) is 6.07 Å². The molecule has 0 unspecified atom stereocenters. The Balaban J connectivity index is 2.07. The van der Waals surface area contributed by atoms with Crippen molar-refractivity contribution >= 4 is 11.2 Å². The van der Waals surface area contributed by atoms with E-state index >= 15 is 0 Å². The number of fused-ring (bicyclic) bond motifs is 2. The molecule has 24 heavy (non-hydrogen) atoms. The average Bonchev–Trinajstić information content (AvgIpc) is 2.95. The Hall–Kier alpha value is -2.49. The molecule has 0 aliphatic carbocycles. The molecule has 0 spiro atoms. The van der Waals surface area contributed by atoms with Crippen LogP contribution in [0.1, 0.15) is 44.4 Å². The minimum Gasteiger partial charge on any atom is -0.277 e. The normalized spacial score (nSPS) is 18.3. The van der Waals surface area contributed by atoms with Crippen molar-refractivity contribution < 1.29 is 4.39 Å². The third-order valence-corrected chi connectivity index (χ3v) is 5.50. The fourth-order valence-corrected chi connectivity index (χ4v) is 3.46. The summed E-state index contributed by atoms with van der Waals surface area (Å²) in [7, 11) is 0. The van der Waals surface area contributed by atoms with E-state index in [2.05, 4.69) is 32.8 Å². The molecule has 0 atom stereocenters. The van der Waals surface area contributed by atoms with E-state index in [0.717, 1.165) is 27.9 Å². The largest absolute Gasteiger partial charge is 0.277 e.